The van der Waals surface area contributed by atoms with Crippen molar-refractivity contribution in [2.24, 2.45) is 0 Å². The van der Waals surface area contributed by atoms with Crippen molar-refractivity contribution in [3.05, 3.63) is 57.8 Å². The average Bonchev–Trinajstić information content (AvgIpc) is 3.12. The van der Waals surface area contributed by atoms with Gasteiger partial charge in [0.1, 0.15) is 11.5 Å². The Bertz CT molecular complexity index is 1020. The van der Waals surface area contributed by atoms with Crippen molar-refractivity contribution < 1.29 is 13.3 Å². The Labute approximate surface area is 164 Å². The lowest BCUT2D eigenvalue weighted by atomic mass is 10.1. The van der Waals surface area contributed by atoms with Gasteiger partial charge in [-0.3, -0.25) is 14.4 Å². The Kier molecular flexibility index (Phi) is 4.70. The second-order valence-corrected chi connectivity index (χ2v) is 9.37. The zero-order valence-electron chi connectivity index (χ0n) is 15.6. The number of hydrogen-bond donors (Lipinski definition) is 0. The SMILES string of the molecule is Cc1nc(N2CCCC(S(=O)(=O)N3CCc4ccccc43)C2)ccc1[N+](=O)[O-]. The van der Waals surface area contributed by atoms with Crippen molar-refractivity contribution in [2.45, 2.75) is 31.4 Å². The topological polar surface area (TPSA) is 96.7 Å². The molecule has 9 heteroatoms. The van der Waals surface area contributed by atoms with E-state index in [2.05, 4.69) is 4.98 Å². The smallest absolute Gasteiger partial charge is 0.290 e. The van der Waals surface area contributed by atoms with Gasteiger partial charge in [-0.2, -0.15) is 0 Å². The van der Waals surface area contributed by atoms with Crippen LogP contribution in [0.25, 0.3) is 0 Å². The molecule has 28 heavy (non-hydrogen) atoms. The minimum Gasteiger partial charge on any atom is -0.355 e. The molecule has 0 amide bonds. The van der Waals surface area contributed by atoms with Crippen LogP contribution in [0.2, 0.25) is 0 Å². The first kappa shape index (κ1) is 18.7. The fraction of sp³-hybridized carbons (Fsp3) is 0.421. The molecule has 0 saturated carbocycles. The Hall–Kier alpha value is -2.68. The second kappa shape index (κ2) is 7.05. The van der Waals surface area contributed by atoms with Gasteiger partial charge in [0.05, 0.1) is 15.9 Å². The van der Waals surface area contributed by atoms with Crippen LogP contribution in [0.5, 0.6) is 0 Å². The van der Waals surface area contributed by atoms with Crippen LogP contribution >= 0.6 is 0 Å². The number of pyridine rings is 1. The fourth-order valence-electron chi connectivity index (χ4n) is 4.05. The summed E-state index contributed by atoms with van der Waals surface area (Å²) in [6.07, 6.45) is 2.06. The molecule has 1 aromatic heterocycles. The molecule has 2 aliphatic rings. The number of rotatable bonds is 4. The number of piperidine rings is 1. The van der Waals surface area contributed by atoms with Gasteiger partial charge in [-0.05, 0) is 43.9 Å². The molecular weight excluding hydrogens is 380 g/mol. The van der Waals surface area contributed by atoms with Gasteiger partial charge in [-0.1, -0.05) is 18.2 Å². The number of nitro groups is 1. The highest BCUT2D eigenvalue weighted by atomic mass is 32.2. The minimum absolute atomic E-state index is 0.0291. The predicted molar refractivity (Wildman–Crippen MR) is 107 cm³/mol. The maximum Gasteiger partial charge on any atom is 0.290 e. The lowest BCUT2D eigenvalue weighted by Crippen LogP contribution is -2.48. The average molecular weight is 402 g/mol. The van der Waals surface area contributed by atoms with E-state index in [4.69, 9.17) is 0 Å². The molecule has 3 heterocycles. The van der Waals surface area contributed by atoms with Crippen LogP contribution in [0.4, 0.5) is 17.2 Å². The normalized spacial score (nSPS) is 19.5. The second-order valence-electron chi connectivity index (χ2n) is 7.24. The van der Waals surface area contributed by atoms with E-state index in [9.17, 15) is 18.5 Å². The number of para-hydroxylation sites is 1. The first-order valence-electron chi connectivity index (χ1n) is 9.34. The van der Waals surface area contributed by atoms with E-state index >= 15 is 0 Å². The van der Waals surface area contributed by atoms with Crippen LogP contribution in [0.3, 0.4) is 0 Å². The number of sulfonamides is 1. The summed E-state index contributed by atoms with van der Waals surface area (Å²) in [6, 6.07) is 10.7. The van der Waals surface area contributed by atoms with Gasteiger partial charge in [0.2, 0.25) is 10.0 Å². The number of benzene rings is 1. The number of aromatic nitrogens is 1. The molecule has 0 aliphatic carbocycles. The maximum atomic E-state index is 13.3. The standard InChI is InChI=1S/C19H22N4O4S/c1-14-17(23(24)25)8-9-19(20-14)21-11-4-6-16(13-21)28(26,27)22-12-10-15-5-2-3-7-18(15)22/h2-3,5,7-9,16H,4,6,10-13H2,1H3. The molecule has 0 N–H and O–H groups in total. The van der Waals surface area contributed by atoms with E-state index in [0.717, 1.165) is 24.1 Å². The van der Waals surface area contributed by atoms with Gasteiger partial charge in [-0.25, -0.2) is 13.4 Å². The number of aryl methyl sites for hydroxylation is 1. The monoisotopic (exact) mass is 402 g/mol. The zero-order chi connectivity index (χ0) is 19.9. The van der Waals surface area contributed by atoms with Crippen LogP contribution in [0.15, 0.2) is 36.4 Å². The maximum absolute atomic E-state index is 13.3. The zero-order valence-corrected chi connectivity index (χ0v) is 16.4. The summed E-state index contributed by atoms with van der Waals surface area (Å²) in [5.74, 6) is 0.588. The summed E-state index contributed by atoms with van der Waals surface area (Å²) in [4.78, 5) is 16.8. The number of fused-ring (bicyclic) bond motifs is 1. The van der Waals surface area contributed by atoms with E-state index in [1.807, 2.05) is 29.2 Å². The first-order valence-corrected chi connectivity index (χ1v) is 10.8. The number of nitrogens with zero attached hydrogens (tertiary/aromatic N) is 4. The molecule has 1 saturated heterocycles. The predicted octanol–water partition coefficient (Wildman–Crippen LogP) is 2.66. The largest absolute Gasteiger partial charge is 0.355 e. The Morgan fingerprint density at radius 1 is 1.18 bits per heavy atom. The molecule has 2 aliphatic heterocycles. The summed E-state index contributed by atoms with van der Waals surface area (Å²) >= 11 is 0. The Morgan fingerprint density at radius 3 is 2.71 bits per heavy atom. The molecule has 1 fully saturated rings. The molecule has 8 nitrogen and oxygen atoms in total. The van der Waals surface area contributed by atoms with Crippen LogP contribution < -0.4 is 9.21 Å². The van der Waals surface area contributed by atoms with E-state index < -0.39 is 20.2 Å². The summed E-state index contributed by atoms with van der Waals surface area (Å²) in [5, 5.41) is 10.5. The highest BCUT2D eigenvalue weighted by Gasteiger charge is 2.38. The van der Waals surface area contributed by atoms with E-state index in [-0.39, 0.29) is 5.69 Å². The van der Waals surface area contributed by atoms with Crippen molar-refractivity contribution in [2.75, 3.05) is 28.8 Å². The Balaban J connectivity index is 1.57. The molecule has 0 bridgehead atoms. The third-order valence-electron chi connectivity index (χ3n) is 5.52. The molecule has 0 spiro atoms. The van der Waals surface area contributed by atoms with Crippen LogP contribution in [0, 0.1) is 17.0 Å². The lowest BCUT2D eigenvalue weighted by molar-refractivity contribution is -0.385. The van der Waals surface area contributed by atoms with Gasteiger partial charge in [-0.15, -0.1) is 0 Å². The summed E-state index contributed by atoms with van der Waals surface area (Å²) in [6.45, 7) is 3.10. The van der Waals surface area contributed by atoms with Crippen molar-refractivity contribution >= 4 is 27.2 Å². The third kappa shape index (κ3) is 3.19. The van der Waals surface area contributed by atoms with Crippen molar-refractivity contribution in [1.29, 1.82) is 0 Å². The molecule has 4 rings (SSSR count). The molecule has 1 aromatic carbocycles. The van der Waals surface area contributed by atoms with E-state index in [0.29, 0.717) is 37.6 Å². The molecule has 148 valence electrons. The van der Waals surface area contributed by atoms with Gasteiger partial charge in [0.25, 0.3) is 5.69 Å². The minimum atomic E-state index is -3.49. The van der Waals surface area contributed by atoms with Crippen molar-refractivity contribution in [3.8, 4) is 0 Å². The van der Waals surface area contributed by atoms with Crippen LogP contribution in [0.1, 0.15) is 24.1 Å². The van der Waals surface area contributed by atoms with Gasteiger partial charge in [0, 0.05) is 25.7 Å². The van der Waals surface area contributed by atoms with Crippen LogP contribution in [-0.2, 0) is 16.4 Å². The molecule has 2 aromatic rings. The summed E-state index contributed by atoms with van der Waals surface area (Å²) in [5.41, 5.74) is 2.15. The number of hydrogen-bond acceptors (Lipinski definition) is 6. The Morgan fingerprint density at radius 2 is 1.96 bits per heavy atom. The molecular formula is C19H22N4O4S. The highest BCUT2D eigenvalue weighted by Crippen LogP contribution is 2.34. The highest BCUT2D eigenvalue weighted by molar-refractivity contribution is 7.93. The fourth-order valence-corrected chi connectivity index (χ4v) is 6.04. The van der Waals surface area contributed by atoms with Crippen molar-refractivity contribution in [3.63, 3.8) is 0 Å². The van der Waals surface area contributed by atoms with Crippen LogP contribution in [-0.4, -0.2) is 43.2 Å². The molecule has 1 unspecified atom stereocenters. The van der Waals surface area contributed by atoms with Gasteiger partial charge < -0.3 is 4.90 Å². The molecule has 0 radical (unpaired) electrons. The van der Waals surface area contributed by atoms with E-state index in [1.54, 1.807) is 17.3 Å². The quantitative estimate of drug-likeness (QED) is 0.576. The molecule has 1 atom stereocenters. The van der Waals surface area contributed by atoms with Gasteiger partial charge in [0.15, 0.2) is 0 Å². The lowest BCUT2D eigenvalue weighted by Gasteiger charge is -2.35. The summed E-state index contributed by atoms with van der Waals surface area (Å²) < 4.78 is 28.2. The van der Waals surface area contributed by atoms with Gasteiger partial charge >= 0.3 is 0 Å². The first-order chi connectivity index (χ1) is 13.4. The van der Waals surface area contributed by atoms with Crippen molar-refractivity contribution in [1.82, 2.24) is 4.98 Å². The third-order valence-corrected chi connectivity index (χ3v) is 7.74. The summed E-state index contributed by atoms with van der Waals surface area (Å²) in [7, 11) is -3.49. The number of anilines is 2. The van der Waals surface area contributed by atoms with E-state index in [1.165, 1.54) is 6.07 Å².